The second-order valence-corrected chi connectivity index (χ2v) is 5.76. The molecule has 0 aliphatic carbocycles. The van der Waals surface area contributed by atoms with E-state index < -0.39 is 6.04 Å². The van der Waals surface area contributed by atoms with Gasteiger partial charge in [0.2, 0.25) is 5.91 Å². The number of benzene rings is 1. The first kappa shape index (κ1) is 14.5. The lowest BCUT2D eigenvalue weighted by Gasteiger charge is -2.20. The Balaban J connectivity index is 2.47. The summed E-state index contributed by atoms with van der Waals surface area (Å²) in [7, 11) is 0. The third-order valence-corrected chi connectivity index (χ3v) is 2.52. The molecule has 0 aromatic heterocycles. The normalized spacial score (nSPS) is 13.1. The molecule has 0 aliphatic heterocycles. The van der Waals surface area contributed by atoms with Crippen LogP contribution >= 0.6 is 0 Å². The van der Waals surface area contributed by atoms with Crippen LogP contribution in [0.4, 0.5) is 0 Å². The van der Waals surface area contributed by atoms with Gasteiger partial charge in [-0.1, -0.05) is 32.9 Å². The summed E-state index contributed by atoms with van der Waals surface area (Å²) in [6.07, 6.45) is 0.469. The predicted octanol–water partition coefficient (Wildman–Crippen LogP) is 1.42. The second-order valence-electron chi connectivity index (χ2n) is 5.76. The van der Waals surface area contributed by atoms with Crippen LogP contribution in [0.5, 0.6) is 5.75 Å². The molecule has 0 heterocycles. The van der Waals surface area contributed by atoms with Crippen LogP contribution in [0.25, 0.3) is 0 Å². The van der Waals surface area contributed by atoms with Crippen LogP contribution in [-0.4, -0.2) is 23.6 Å². The molecule has 0 spiro atoms. The van der Waals surface area contributed by atoms with Gasteiger partial charge in [0.05, 0.1) is 6.04 Å². The van der Waals surface area contributed by atoms with Gasteiger partial charge in [0.25, 0.3) is 0 Å². The van der Waals surface area contributed by atoms with Gasteiger partial charge in [-0.2, -0.15) is 0 Å². The highest BCUT2D eigenvalue weighted by Crippen LogP contribution is 2.12. The number of aromatic hydroxyl groups is 1. The SMILES string of the molecule is CC(C)(C)CNC(=O)[C@H](N)Cc1ccc(O)cc1. The minimum atomic E-state index is -0.558. The number of carbonyl (C=O) groups excluding carboxylic acids is 1. The van der Waals surface area contributed by atoms with Crippen molar-refractivity contribution in [1.29, 1.82) is 0 Å². The molecule has 100 valence electrons. The quantitative estimate of drug-likeness (QED) is 0.756. The summed E-state index contributed by atoms with van der Waals surface area (Å²) in [6.45, 7) is 6.77. The highest BCUT2D eigenvalue weighted by Gasteiger charge is 2.17. The van der Waals surface area contributed by atoms with Crippen molar-refractivity contribution >= 4 is 5.91 Å². The lowest BCUT2D eigenvalue weighted by Crippen LogP contribution is -2.44. The van der Waals surface area contributed by atoms with Crippen molar-refractivity contribution in [3.05, 3.63) is 29.8 Å². The Morgan fingerprint density at radius 3 is 2.39 bits per heavy atom. The molecule has 4 nitrogen and oxygen atoms in total. The molecule has 1 amide bonds. The zero-order chi connectivity index (χ0) is 13.8. The minimum absolute atomic E-state index is 0.0495. The van der Waals surface area contributed by atoms with Gasteiger partial charge in [0.1, 0.15) is 5.75 Å². The fourth-order valence-electron chi connectivity index (χ4n) is 1.46. The van der Waals surface area contributed by atoms with Crippen LogP contribution < -0.4 is 11.1 Å². The van der Waals surface area contributed by atoms with Crippen LogP contribution in [0.3, 0.4) is 0 Å². The molecule has 0 unspecified atom stereocenters. The van der Waals surface area contributed by atoms with Crippen LogP contribution in [0.1, 0.15) is 26.3 Å². The van der Waals surface area contributed by atoms with E-state index in [9.17, 15) is 4.79 Å². The summed E-state index contributed by atoms with van der Waals surface area (Å²) >= 11 is 0. The highest BCUT2D eigenvalue weighted by atomic mass is 16.3. The fourth-order valence-corrected chi connectivity index (χ4v) is 1.46. The summed E-state index contributed by atoms with van der Waals surface area (Å²) in [4.78, 5) is 11.8. The zero-order valence-corrected chi connectivity index (χ0v) is 11.2. The standard InChI is InChI=1S/C14H22N2O2/c1-14(2,3)9-16-13(18)12(15)8-10-4-6-11(17)7-5-10/h4-7,12,17H,8-9,15H2,1-3H3,(H,16,18)/t12-/m1/s1. The Labute approximate surface area is 108 Å². The van der Waals surface area contributed by atoms with E-state index in [4.69, 9.17) is 10.8 Å². The Bertz CT molecular complexity index is 393. The molecule has 0 saturated carbocycles. The van der Waals surface area contributed by atoms with Gasteiger partial charge in [0, 0.05) is 6.54 Å². The van der Waals surface area contributed by atoms with Crippen molar-refractivity contribution in [2.24, 2.45) is 11.1 Å². The Morgan fingerprint density at radius 2 is 1.89 bits per heavy atom. The monoisotopic (exact) mass is 250 g/mol. The molecule has 0 aliphatic rings. The van der Waals surface area contributed by atoms with E-state index in [1.54, 1.807) is 24.3 Å². The van der Waals surface area contributed by atoms with E-state index in [0.29, 0.717) is 13.0 Å². The third kappa shape index (κ3) is 5.19. The molecular weight excluding hydrogens is 228 g/mol. The Hall–Kier alpha value is -1.55. The number of amides is 1. The van der Waals surface area contributed by atoms with Gasteiger partial charge in [-0.05, 0) is 29.5 Å². The molecular formula is C14H22N2O2. The third-order valence-electron chi connectivity index (χ3n) is 2.52. The summed E-state index contributed by atoms with van der Waals surface area (Å²) in [5, 5.41) is 12.0. The van der Waals surface area contributed by atoms with Crippen LogP contribution in [0.2, 0.25) is 0 Å². The molecule has 18 heavy (non-hydrogen) atoms. The Morgan fingerprint density at radius 1 is 1.33 bits per heavy atom. The van der Waals surface area contributed by atoms with E-state index in [1.807, 2.05) is 0 Å². The lowest BCUT2D eigenvalue weighted by molar-refractivity contribution is -0.122. The topological polar surface area (TPSA) is 75.4 Å². The lowest BCUT2D eigenvalue weighted by atomic mass is 9.96. The van der Waals surface area contributed by atoms with Gasteiger partial charge >= 0.3 is 0 Å². The molecule has 1 atom stereocenters. The minimum Gasteiger partial charge on any atom is -0.508 e. The first-order chi connectivity index (χ1) is 8.28. The van der Waals surface area contributed by atoms with E-state index in [0.717, 1.165) is 5.56 Å². The molecule has 0 saturated heterocycles. The number of rotatable bonds is 4. The maximum absolute atomic E-state index is 11.8. The van der Waals surface area contributed by atoms with Crippen molar-refractivity contribution in [2.45, 2.75) is 33.2 Å². The van der Waals surface area contributed by atoms with Crippen LogP contribution in [0.15, 0.2) is 24.3 Å². The zero-order valence-electron chi connectivity index (χ0n) is 11.2. The summed E-state index contributed by atoms with van der Waals surface area (Å²) in [5.74, 6) is 0.0718. The van der Waals surface area contributed by atoms with Gasteiger partial charge in [0.15, 0.2) is 0 Å². The number of hydrogen-bond donors (Lipinski definition) is 3. The van der Waals surface area contributed by atoms with E-state index in [2.05, 4.69) is 26.1 Å². The molecule has 0 bridgehead atoms. The van der Waals surface area contributed by atoms with Crippen molar-refractivity contribution < 1.29 is 9.90 Å². The first-order valence-corrected chi connectivity index (χ1v) is 6.09. The average Bonchev–Trinajstić information content (AvgIpc) is 2.28. The Kier molecular flexibility index (Phi) is 4.73. The smallest absolute Gasteiger partial charge is 0.237 e. The number of nitrogens with two attached hydrogens (primary N) is 1. The predicted molar refractivity (Wildman–Crippen MR) is 72.3 cm³/mol. The molecule has 1 aromatic rings. The summed E-state index contributed by atoms with van der Waals surface area (Å²) < 4.78 is 0. The van der Waals surface area contributed by atoms with Crippen LogP contribution in [-0.2, 0) is 11.2 Å². The van der Waals surface area contributed by atoms with E-state index in [1.165, 1.54) is 0 Å². The number of hydrogen-bond acceptors (Lipinski definition) is 3. The molecule has 4 N–H and O–H groups in total. The number of carbonyl (C=O) groups is 1. The van der Waals surface area contributed by atoms with E-state index in [-0.39, 0.29) is 17.1 Å². The number of nitrogens with one attached hydrogen (secondary N) is 1. The van der Waals surface area contributed by atoms with Crippen molar-refractivity contribution in [3.63, 3.8) is 0 Å². The maximum atomic E-state index is 11.8. The molecule has 1 rings (SSSR count). The largest absolute Gasteiger partial charge is 0.508 e. The average molecular weight is 250 g/mol. The molecule has 4 heteroatoms. The van der Waals surface area contributed by atoms with Gasteiger partial charge < -0.3 is 16.2 Å². The van der Waals surface area contributed by atoms with Crippen molar-refractivity contribution in [3.8, 4) is 5.75 Å². The summed E-state index contributed by atoms with van der Waals surface area (Å²) in [6, 6.07) is 6.17. The molecule has 0 radical (unpaired) electrons. The molecule has 1 aromatic carbocycles. The number of phenols is 1. The second kappa shape index (κ2) is 5.87. The van der Waals surface area contributed by atoms with Gasteiger partial charge in [-0.15, -0.1) is 0 Å². The highest BCUT2D eigenvalue weighted by molar-refractivity contribution is 5.81. The van der Waals surface area contributed by atoms with Gasteiger partial charge in [-0.3, -0.25) is 4.79 Å². The van der Waals surface area contributed by atoms with Crippen molar-refractivity contribution in [1.82, 2.24) is 5.32 Å². The summed E-state index contributed by atoms with van der Waals surface area (Å²) in [5.41, 5.74) is 6.83. The van der Waals surface area contributed by atoms with E-state index >= 15 is 0 Å². The van der Waals surface area contributed by atoms with Gasteiger partial charge in [-0.25, -0.2) is 0 Å². The van der Waals surface area contributed by atoms with Crippen LogP contribution in [0, 0.1) is 5.41 Å². The fraction of sp³-hybridized carbons (Fsp3) is 0.500. The molecule has 0 fully saturated rings. The first-order valence-electron chi connectivity index (χ1n) is 6.09. The number of phenolic OH excluding ortho intramolecular Hbond substituents is 1. The maximum Gasteiger partial charge on any atom is 0.237 e. The van der Waals surface area contributed by atoms with Crippen molar-refractivity contribution in [2.75, 3.05) is 6.54 Å².